The fourth-order valence-electron chi connectivity index (χ4n) is 1.22. The molecule has 1 unspecified atom stereocenters. The second-order valence-corrected chi connectivity index (χ2v) is 3.19. The van der Waals surface area contributed by atoms with Crippen LogP contribution in [0.2, 0.25) is 0 Å². The molecule has 1 radical (unpaired) electrons. The Morgan fingerprint density at radius 2 is 2.29 bits per heavy atom. The van der Waals surface area contributed by atoms with Crippen LogP contribution >= 0.6 is 0 Å². The van der Waals surface area contributed by atoms with Crippen LogP contribution in [0.3, 0.4) is 0 Å². The Morgan fingerprint density at radius 1 is 1.50 bits per heavy atom. The van der Waals surface area contributed by atoms with Crippen LogP contribution in [-0.4, -0.2) is 16.8 Å². The minimum absolute atomic E-state index is 0. The van der Waals surface area contributed by atoms with Gasteiger partial charge in [-0.1, -0.05) is 11.2 Å². The van der Waals surface area contributed by atoms with E-state index >= 15 is 0 Å². The van der Waals surface area contributed by atoms with Crippen molar-refractivity contribution >= 4 is 5.71 Å². The zero-order valence-electron chi connectivity index (χ0n) is 8.10. The summed E-state index contributed by atoms with van der Waals surface area (Å²) in [5, 5.41) is 3.91. The van der Waals surface area contributed by atoms with E-state index in [9.17, 15) is 0 Å². The van der Waals surface area contributed by atoms with E-state index < -0.39 is 0 Å². The average Bonchev–Trinajstić information content (AvgIpc) is 2.53. The van der Waals surface area contributed by atoms with Gasteiger partial charge in [-0.25, -0.2) is 0 Å². The predicted octanol–water partition coefficient (Wildman–Crippen LogP) is 1.71. The summed E-state index contributed by atoms with van der Waals surface area (Å²) in [5.74, 6) is 0. The van der Waals surface area contributed by atoms with E-state index in [1.807, 2.05) is 25.3 Å². The molecule has 1 atom stereocenters. The first-order chi connectivity index (χ1) is 6.25. The minimum atomic E-state index is -0.0573. The zero-order chi connectivity index (χ0) is 9.26. The summed E-state index contributed by atoms with van der Waals surface area (Å²) in [6, 6.07) is 3.97. The normalized spacial score (nSPS) is 19.6. The van der Waals surface area contributed by atoms with Crippen molar-refractivity contribution in [2.45, 2.75) is 19.4 Å². The standard InChI is InChI=1S/C10H11N2O.Y/c1-7-3-4-9(11-6-7)10-5-8(2)13-12-10;/h3-4,6,8H,2,5H2,1H3;/q-1;. The Labute approximate surface area is 109 Å². The largest absolute Gasteiger partial charge is 0.425 e. The molecule has 1 aromatic rings. The maximum atomic E-state index is 4.99. The molecule has 1 aromatic heterocycles. The number of aryl methyl sites for hydroxylation is 1. The molecule has 0 saturated carbocycles. The summed E-state index contributed by atoms with van der Waals surface area (Å²) in [7, 11) is 0. The van der Waals surface area contributed by atoms with Crippen molar-refractivity contribution in [3.63, 3.8) is 0 Å². The van der Waals surface area contributed by atoms with E-state index in [1.54, 1.807) is 0 Å². The summed E-state index contributed by atoms with van der Waals surface area (Å²) in [4.78, 5) is 9.24. The second-order valence-electron chi connectivity index (χ2n) is 3.19. The third-order valence-electron chi connectivity index (χ3n) is 1.94. The van der Waals surface area contributed by atoms with Crippen molar-refractivity contribution in [1.29, 1.82) is 0 Å². The number of hydrogen-bond donors (Lipinski definition) is 0. The van der Waals surface area contributed by atoms with Gasteiger partial charge in [-0.2, -0.15) is 0 Å². The minimum Gasteiger partial charge on any atom is -0.425 e. The quantitative estimate of drug-likeness (QED) is 0.724. The molecule has 2 rings (SSSR count). The van der Waals surface area contributed by atoms with Crippen LogP contribution < -0.4 is 0 Å². The van der Waals surface area contributed by atoms with Gasteiger partial charge >= 0.3 is 0 Å². The number of aromatic nitrogens is 1. The average molecular weight is 264 g/mol. The molecule has 71 valence electrons. The van der Waals surface area contributed by atoms with E-state index in [-0.39, 0.29) is 38.8 Å². The molecule has 1 aliphatic rings. The third-order valence-corrected chi connectivity index (χ3v) is 1.94. The first-order valence-electron chi connectivity index (χ1n) is 4.24. The zero-order valence-corrected chi connectivity index (χ0v) is 10.9. The van der Waals surface area contributed by atoms with E-state index in [1.165, 1.54) is 0 Å². The van der Waals surface area contributed by atoms with E-state index in [4.69, 9.17) is 4.84 Å². The molecule has 0 fully saturated rings. The van der Waals surface area contributed by atoms with Crippen LogP contribution in [0, 0.1) is 13.8 Å². The molecular weight excluding hydrogens is 253 g/mol. The third kappa shape index (κ3) is 2.61. The molecule has 0 N–H and O–H groups in total. The van der Waals surface area contributed by atoms with E-state index in [2.05, 4.69) is 17.1 Å². The number of rotatable bonds is 1. The van der Waals surface area contributed by atoms with Crippen molar-refractivity contribution in [2.24, 2.45) is 5.16 Å². The van der Waals surface area contributed by atoms with Gasteiger partial charge in [-0.05, 0) is 18.6 Å². The van der Waals surface area contributed by atoms with Crippen LogP contribution in [0.5, 0.6) is 0 Å². The van der Waals surface area contributed by atoms with Crippen LogP contribution in [0.15, 0.2) is 23.5 Å². The summed E-state index contributed by atoms with van der Waals surface area (Å²) in [5.41, 5.74) is 2.92. The van der Waals surface area contributed by atoms with Gasteiger partial charge < -0.3 is 11.8 Å². The number of hydrogen-bond acceptors (Lipinski definition) is 3. The van der Waals surface area contributed by atoms with Crippen LogP contribution in [0.1, 0.15) is 17.7 Å². The van der Waals surface area contributed by atoms with Crippen molar-refractivity contribution in [3.8, 4) is 0 Å². The summed E-state index contributed by atoms with van der Waals surface area (Å²) >= 11 is 0. The second kappa shape index (κ2) is 4.99. The molecule has 0 spiro atoms. The van der Waals surface area contributed by atoms with Crippen molar-refractivity contribution in [3.05, 3.63) is 36.5 Å². The first-order valence-corrected chi connectivity index (χ1v) is 4.24. The Morgan fingerprint density at radius 3 is 2.79 bits per heavy atom. The summed E-state index contributed by atoms with van der Waals surface area (Å²) in [6.07, 6.45) is 2.52. The molecule has 4 heteroatoms. The molecule has 3 nitrogen and oxygen atoms in total. The van der Waals surface area contributed by atoms with Crippen LogP contribution in [0.4, 0.5) is 0 Å². The van der Waals surface area contributed by atoms with E-state index in [0.29, 0.717) is 0 Å². The first kappa shape index (κ1) is 11.8. The summed E-state index contributed by atoms with van der Waals surface area (Å²) < 4.78 is 0. The van der Waals surface area contributed by atoms with Crippen LogP contribution in [0.25, 0.3) is 0 Å². The molecule has 2 heterocycles. The monoisotopic (exact) mass is 264 g/mol. The maximum Gasteiger partial charge on any atom is 0.106 e. The van der Waals surface area contributed by atoms with Crippen LogP contribution in [-0.2, 0) is 37.5 Å². The SMILES string of the molecule is [CH2-]C1CC(c2ccc(C)cn2)=NO1.[Y]. The predicted molar refractivity (Wildman–Crippen MR) is 50.4 cm³/mol. The molecule has 14 heavy (non-hydrogen) atoms. The van der Waals surface area contributed by atoms with Crippen molar-refractivity contribution < 1.29 is 37.5 Å². The smallest absolute Gasteiger partial charge is 0.106 e. The Balaban J connectivity index is 0.000000980. The van der Waals surface area contributed by atoms with Gasteiger partial charge in [0.05, 0.1) is 5.69 Å². The van der Waals surface area contributed by atoms with Gasteiger partial charge in [0.1, 0.15) is 5.71 Å². The molecule has 0 amide bonds. The van der Waals surface area contributed by atoms with Gasteiger partial charge in [-0.3, -0.25) is 4.98 Å². The van der Waals surface area contributed by atoms with Gasteiger partial charge in [0.15, 0.2) is 0 Å². The van der Waals surface area contributed by atoms with Gasteiger partial charge in [0.25, 0.3) is 0 Å². The molecular formula is C10H11N2OY-. The molecule has 1 aliphatic heterocycles. The van der Waals surface area contributed by atoms with Gasteiger partial charge in [-0.15, -0.1) is 0 Å². The van der Waals surface area contributed by atoms with Gasteiger partial charge in [0.2, 0.25) is 0 Å². The molecule has 0 aliphatic carbocycles. The molecule has 0 aromatic carbocycles. The number of oxime groups is 1. The topological polar surface area (TPSA) is 34.5 Å². The fraction of sp³-hybridized carbons (Fsp3) is 0.300. The van der Waals surface area contributed by atoms with E-state index in [0.717, 1.165) is 23.4 Å². The Bertz CT molecular complexity index is 334. The van der Waals surface area contributed by atoms with Crippen molar-refractivity contribution in [1.82, 2.24) is 4.98 Å². The molecule has 0 saturated heterocycles. The van der Waals surface area contributed by atoms with Gasteiger partial charge in [0, 0.05) is 51.4 Å². The number of pyridine rings is 1. The Kier molecular flexibility index (Phi) is 4.20. The molecule has 0 bridgehead atoms. The van der Waals surface area contributed by atoms with Crippen molar-refractivity contribution in [2.75, 3.05) is 0 Å². The number of nitrogens with zero attached hydrogens (tertiary/aromatic N) is 2. The fourth-order valence-corrected chi connectivity index (χ4v) is 1.22. The maximum absolute atomic E-state index is 4.99. The summed E-state index contributed by atoms with van der Waals surface area (Å²) in [6.45, 7) is 5.77. The Hall–Kier alpha value is -0.276.